The predicted octanol–water partition coefficient (Wildman–Crippen LogP) is 0.362. The van der Waals surface area contributed by atoms with Crippen molar-refractivity contribution in [2.24, 2.45) is 5.73 Å². The molecule has 1 aromatic rings. The molecule has 0 aliphatic carbocycles. The van der Waals surface area contributed by atoms with Gasteiger partial charge >= 0.3 is 0 Å². The molecular formula is C6H11N3. The van der Waals surface area contributed by atoms with Crippen LogP contribution in [0.1, 0.15) is 12.7 Å². The van der Waals surface area contributed by atoms with Crippen LogP contribution in [0.3, 0.4) is 0 Å². The maximum absolute atomic E-state index is 5.39. The van der Waals surface area contributed by atoms with Gasteiger partial charge < -0.3 is 10.3 Å². The van der Waals surface area contributed by atoms with Crippen molar-refractivity contribution < 1.29 is 0 Å². The van der Waals surface area contributed by atoms with Gasteiger partial charge in [-0.15, -0.1) is 0 Å². The Balaban J connectivity index is 2.85. The van der Waals surface area contributed by atoms with Crippen molar-refractivity contribution in [3.05, 3.63) is 18.2 Å². The average Bonchev–Trinajstić information content (AvgIpc) is 2.33. The summed E-state index contributed by atoms with van der Waals surface area (Å²) >= 11 is 0. The van der Waals surface area contributed by atoms with Crippen LogP contribution in [0.15, 0.2) is 12.4 Å². The number of aromatic nitrogens is 2. The third-order valence-electron chi connectivity index (χ3n) is 1.31. The van der Waals surface area contributed by atoms with Crippen LogP contribution >= 0.6 is 0 Å². The van der Waals surface area contributed by atoms with Crippen molar-refractivity contribution in [1.29, 1.82) is 0 Å². The normalized spacial score (nSPS) is 10.0. The van der Waals surface area contributed by atoms with Crippen molar-refractivity contribution >= 4 is 0 Å². The molecule has 50 valence electrons. The van der Waals surface area contributed by atoms with Gasteiger partial charge in [0.05, 0.1) is 6.67 Å². The molecule has 1 heterocycles. The molecule has 0 fully saturated rings. The molecule has 0 saturated heterocycles. The minimum atomic E-state index is 0.531. The minimum Gasteiger partial charge on any atom is -0.322 e. The Hall–Kier alpha value is -0.830. The van der Waals surface area contributed by atoms with Crippen molar-refractivity contribution in [1.82, 2.24) is 9.55 Å². The second kappa shape index (κ2) is 2.64. The molecule has 0 aliphatic rings. The number of aryl methyl sites for hydroxylation is 1. The Morgan fingerprint density at radius 1 is 1.78 bits per heavy atom. The molecule has 3 heteroatoms. The Morgan fingerprint density at radius 3 is 3.00 bits per heavy atom. The van der Waals surface area contributed by atoms with Gasteiger partial charge in [-0.1, -0.05) is 6.92 Å². The van der Waals surface area contributed by atoms with Crippen LogP contribution in [-0.2, 0) is 13.1 Å². The first-order chi connectivity index (χ1) is 4.38. The molecule has 9 heavy (non-hydrogen) atoms. The van der Waals surface area contributed by atoms with Gasteiger partial charge in [-0.25, -0.2) is 4.98 Å². The lowest BCUT2D eigenvalue weighted by Crippen LogP contribution is -2.08. The van der Waals surface area contributed by atoms with Gasteiger partial charge in [-0.2, -0.15) is 0 Å². The second-order valence-electron chi connectivity index (χ2n) is 1.85. The summed E-state index contributed by atoms with van der Waals surface area (Å²) in [5, 5.41) is 0. The first-order valence-electron chi connectivity index (χ1n) is 3.08. The van der Waals surface area contributed by atoms with Gasteiger partial charge in [0.2, 0.25) is 0 Å². The molecule has 1 rings (SSSR count). The fourth-order valence-electron chi connectivity index (χ4n) is 0.821. The molecule has 0 aromatic carbocycles. The summed E-state index contributed by atoms with van der Waals surface area (Å²) < 4.78 is 1.93. The lowest BCUT2D eigenvalue weighted by atomic mass is 10.5. The maximum atomic E-state index is 5.39. The predicted molar refractivity (Wildman–Crippen MR) is 35.8 cm³/mol. The Labute approximate surface area is 54.5 Å². The fourth-order valence-corrected chi connectivity index (χ4v) is 0.821. The van der Waals surface area contributed by atoms with Crippen LogP contribution in [0.5, 0.6) is 0 Å². The number of hydrogen-bond donors (Lipinski definition) is 1. The van der Waals surface area contributed by atoms with E-state index < -0.39 is 0 Å². The fraction of sp³-hybridized carbons (Fsp3) is 0.500. The van der Waals surface area contributed by atoms with E-state index in [-0.39, 0.29) is 0 Å². The number of imidazole rings is 1. The van der Waals surface area contributed by atoms with Crippen LogP contribution in [0.25, 0.3) is 0 Å². The van der Waals surface area contributed by atoms with Crippen molar-refractivity contribution in [3.63, 3.8) is 0 Å². The molecule has 1 aromatic heterocycles. The molecule has 0 saturated carbocycles. The highest BCUT2D eigenvalue weighted by Gasteiger charge is 1.94. The second-order valence-corrected chi connectivity index (χ2v) is 1.85. The third kappa shape index (κ3) is 1.10. The van der Waals surface area contributed by atoms with Gasteiger partial charge in [0.25, 0.3) is 0 Å². The summed E-state index contributed by atoms with van der Waals surface area (Å²) in [4.78, 5) is 4.09. The molecule has 0 amide bonds. The third-order valence-corrected chi connectivity index (χ3v) is 1.31. The van der Waals surface area contributed by atoms with E-state index in [2.05, 4.69) is 11.9 Å². The maximum Gasteiger partial charge on any atom is 0.109 e. The SMILES string of the molecule is CCc1nccn1CN. The summed E-state index contributed by atoms with van der Waals surface area (Å²) in [6.45, 7) is 2.59. The zero-order valence-electron chi connectivity index (χ0n) is 5.54. The average molecular weight is 125 g/mol. The zero-order valence-corrected chi connectivity index (χ0v) is 5.54. The summed E-state index contributed by atoms with van der Waals surface area (Å²) in [7, 11) is 0. The highest BCUT2D eigenvalue weighted by molar-refractivity contribution is 4.90. The van der Waals surface area contributed by atoms with E-state index in [9.17, 15) is 0 Å². The van der Waals surface area contributed by atoms with Crippen LogP contribution in [0.4, 0.5) is 0 Å². The van der Waals surface area contributed by atoms with Crippen molar-refractivity contribution in [3.8, 4) is 0 Å². The first-order valence-corrected chi connectivity index (χ1v) is 3.08. The van der Waals surface area contributed by atoms with Crippen LogP contribution in [0.2, 0.25) is 0 Å². The standard InChI is InChI=1S/C6H11N3/c1-2-6-8-3-4-9(6)5-7/h3-4H,2,5,7H2,1H3. The van der Waals surface area contributed by atoms with Crippen molar-refractivity contribution in [2.75, 3.05) is 0 Å². The summed E-state index contributed by atoms with van der Waals surface area (Å²) in [6, 6.07) is 0. The monoisotopic (exact) mass is 125 g/mol. The van der Waals surface area contributed by atoms with E-state index in [1.165, 1.54) is 0 Å². The van der Waals surface area contributed by atoms with E-state index in [0.717, 1.165) is 12.2 Å². The van der Waals surface area contributed by atoms with Crippen molar-refractivity contribution in [2.45, 2.75) is 20.0 Å². The number of rotatable bonds is 2. The highest BCUT2D eigenvalue weighted by Crippen LogP contribution is 1.94. The smallest absolute Gasteiger partial charge is 0.109 e. The van der Waals surface area contributed by atoms with Gasteiger partial charge in [0.1, 0.15) is 5.82 Å². The van der Waals surface area contributed by atoms with Crippen LogP contribution in [0, 0.1) is 0 Å². The molecule has 0 spiro atoms. The molecule has 3 nitrogen and oxygen atoms in total. The molecule has 0 radical (unpaired) electrons. The van der Waals surface area contributed by atoms with Gasteiger partial charge in [-0.05, 0) is 0 Å². The largest absolute Gasteiger partial charge is 0.322 e. The molecule has 0 bridgehead atoms. The van der Waals surface area contributed by atoms with Crippen LogP contribution in [-0.4, -0.2) is 9.55 Å². The van der Waals surface area contributed by atoms with E-state index in [4.69, 9.17) is 5.73 Å². The van der Waals surface area contributed by atoms with E-state index >= 15 is 0 Å². The van der Waals surface area contributed by atoms with E-state index in [1.54, 1.807) is 6.20 Å². The van der Waals surface area contributed by atoms with E-state index in [1.807, 2.05) is 10.8 Å². The minimum absolute atomic E-state index is 0.531. The van der Waals surface area contributed by atoms with Gasteiger partial charge in [0, 0.05) is 18.8 Å². The molecule has 0 aliphatic heterocycles. The lowest BCUT2D eigenvalue weighted by Gasteiger charge is -1.98. The van der Waals surface area contributed by atoms with Gasteiger partial charge in [0.15, 0.2) is 0 Å². The van der Waals surface area contributed by atoms with E-state index in [0.29, 0.717) is 6.67 Å². The molecular weight excluding hydrogens is 114 g/mol. The summed E-state index contributed by atoms with van der Waals surface area (Å²) in [5.41, 5.74) is 5.39. The summed E-state index contributed by atoms with van der Waals surface area (Å²) in [6.07, 6.45) is 4.61. The Morgan fingerprint density at radius 2 is 2.56 bits per heavy atom. The zero-order chi connectivity index (χ0) is 6.69. The van der Waals surface area contributed by atoms with Gasteiger partial charge in [-0.3, -0.25) is 0 Å². The van der Waals surface area contributed by atoms with Crippen LogP contribution < -0.4 is 5.73 Å². The molecule has 0 unspecified atom stereocenters. The molecule has 0 atom stereocenters. The first kappa shape index (κ1) is 6.29. The topological polar surface area (TPSA) is 43.8 Å². The summed E-state index contributed by atoms with van der Waals surface area (Å²) in [5.74, 6) is 1.05. The highest BCUT2D eigenvalue weighted by atomic mass is 15.1. The Kier molecular flexibility index (Phi) is 1.85. The molecule has 2 N–H and O–H groups in total. The lowest BCUT2D eigenvalue weighted by molar-refractivity contribution is 0.683. The number of hydrogen-bond acceptors (Lipinski definition) is 2. The number of nitrogens with two attached hydrogens (primary N) is 1. The quantitative estimate of drug-likeness (QED) is 0.620. The Bertz CT molecular complexity index is 162. The number of nitrogens with zero attached hydrogens (tertiary/aromatic N) is 2.